The average molecular weight is 606 g/mol. The first-order chi connectivity index (χ1) is 21.7. The largest absolute Gasteiger partial charge is 0.493 e. The number of methoxy groups -OCH3 is 1. The number of aryl methyl sites for hydroxylation is 5. The molecule has 0 saturated heterocycles. The molecule has 0 unspecified atom stereocenters. The number of carbonyl (C=O) groups excluding carboxylic acids is 1. The topological polar surface area (TPSA) is 72.5 Å². The van der Waals surface area contributed by atoms with Crippen molar-refractivity contribution in [3.05, 3.63) is 105 Å². The van der Waals surface area contributed by atoms with Gasteiger partial charge in [0.2, 0.25) is 5.91 Å². The summed E-state index contributed by atoms with van der Waals surface area (Å²) in [6.45, 7) is 11.8. The van der Waals surface area contributed by atoms with Gasteiger partial charge < -0.3 is 20.1 Å². The lowest BCUT2D eigenvalue weighted by molar-refractivity contribution is -0.120. The third kappa shape index (κ3) is 8.05. The maximum absolute atomic E-state index is 12.9. The number of carbonyl (C=O) groups is 1. The summed E-state index contributed by atoms with van der Waals surface area (Å²) in [5.41, 5.74) is 12.7. The fraction of sp³-hybridized carbons (Fsp3) is 0.385. The lowest BCUT2D eigenvalue weighted by Crippen LogP contribution is -2.30. The summed E-state index contributed by atoms with van der Waals surface area (Å²) in [5.74, 6) is 1.40. The lowest BCUT2D eigenvalue weighted by atomic mass is 9.89. The Morgan fingerprint density at radius 1 is 0.889 bits per heavy atom. The van der Waals surface area contributed by atoms with Crippen LogP contribution in [-0.2, 0) is 17.6 Å². The molecule has 5 rings (SSSR count). The molecule has 1 fully saturated rings. The predicted molar refractivity (Wildman–Crippen MR) is 184 cm³/mol. The fourth-order valence-electron chi connectivity index (χ4n) is 6.66. The Morgan fingerprint density at radius 3 is 2.36 bits per heavy atom. The smallest absolute Gasteiger partial charge is 0.224 e. The molecular formula is C39H47N3O3. The van der Waals surface area contributed by atoms with Crippen molar-refractivity contribution in [2.45, 2.75) is 79.2 Å². The minimum Gasteiger partial charge on any atom is -0.493 e. The maximum atomic E-state index is 12.9. The number of pyridine rings is 1. The Balaban J connectivity index is 1.24. The SMILES string of the molecule is COc1cc(CC(=O)NCCNc2cc(C)nc(C)c2-c2ccccc2Cc2c(C)cc(C)cc2C)ccc1OC1CCCC1. The van der Waals surface area contributed by atoms with Gasteiger partial charge in [0, 0.05) is 35.7 Å². The van der Waals surface area contributed by atoms with Crippen LogP contribution in [0.1, 0.15) is 70.5 Å². The quantitative estimate of drug-likeness (QED) is 0.160. The van der Waals surface area contributed by atoms with Gasteiger partial charge >= 0.3 is 0 Å². The number of aromatic nitrogens is 1. The van der Waals surface area contributed by atoms with Gasteiger partial charge in [0.25, 0.3) is 0 Å². The second kappa shape index (κ2) is 14.6. The van der Waals surface area contributed by atoms with Gasteiger partial charge in [0.05, 0.1) is 19.6 Å². The highest BCUT2D eigenvalue weighted by molar-refractivity contribution is 5.82. The molecule has 6 nitrogen and oxygen atoms in total. The van der Waals surface area contributed by atoms with Gasteiger partial charge in [-0.25, -0.2) is 0 Å². The zero-order valence-corrected chi connectivity index (χ0v) is 27.7. The molecule has 0 radical (unpaired) electrons. The second-order valence-electron chi connectivity index (χ2n) is 12.4. The minimum atomic E-state index is -0.0280. The van der Waals surface area contributed by atoms with E-state index in [1.807, 2.05) is 25.1 Å². The van der Waals surface area contributed by atoms with Crippen LogP contribution in [-0.4, -0.2) is 37.2 Å². The third-order valence-electron chi connectivity index (χ3n) is 8.77. The standard InChI is InChI=1S/C39H47N3O3/c1-25-19-26(2)34(27(3)20-25)24-31-11-7-10-14-33(31)39-29(5)42-28(4)21-35(39)40-17-18-41-38(43)23-30-15-16-36(37(22-30)44-6)45-32-12-8-9-13-32/h7,10-11,14-16,19-22,32H,8-9,12-13,17-18,23-24H2,1-6H3,(H,40,42)(H,41,43). The molecule has 3 aromatic carbocycles. The van der Waals surface area contributed by atoms with E-state index in [2.05, 4.69) is 80.8 Å². The van der Waals surface area contributed by atoms with Crippen LogP contribution in [0, 0.1) is 34.6 Å². The van der Waals surface area contributed by atoms with Gasteiger partial charge in [-0.1, -0.05) is 48.0 Å². The van der Waals surface area contributed by atoms with Crippen molar-refractivity contribution in [1.29, 1.82) is 0 Å². The van der Waals surface area contributed by atoms with Gasteiger partial charge in [0.15, 0.2) is 11.5 Å². The van der Waals surface area contributed by atoms with E-state index < -0.39 is 0 Å². The fourth-order valence-corrected chi connectivity index (χ4v) is 6.66. The second-order valence-corrected chi connectivity index (χ2v) is 12.4. The molecule has 1 aromatic heterocycles. The normalized spacial score (nSPS) is 13.1. The van der Waals surface area contributed by atoms with Crippen molar-refractivity contribution < 1.29 is 14.3 Å². The van der Waals surface area contributed by atoms with Crippen molar-refractivity contribution in [2.24, 2.45) is 0 Å². The third-order valence-corrected chi connectivity index (χ3v) is 8.77. The van der Waals surface area contributed by atoms with Crippen molar-refractivity contribution in [2.75, 3.05) is 25.5 Å². The van der Waals surface area contributed by atoms with Crippen LogP contribution in [0.15, 0.2) is 60.7 Å². The summed E-state index contributed by atoms with van der Waals surface area (Å²) in [7, 11) is 1.64. The molecule has 4 aromatic rings. The number of hydrogen-bond donors (Lipinski definition) is 2. The number of ether oxygens (including phenoxy) is 2. The van der Waals surface area contributed by atoms with Crippen molar-refractivity contribution in [1.82, 2.24) is 10.3 Å². The molecule has 236 valence electrons. The molecule has 0 bridgehead atoms. The number of anilines is 1. The number of nitrogens with one attached hydrogen (secondary N) is 2. The van der Waals surface area contributed by atoms with Crippen molar-refractivity contribution in [3.63, 3.8) is 0 Å². The zero-order valence-electron chi connectivity index (χ0n) is 27.7. The summed E-state index contributed by atoms with van der Waals surface area (Å²) in [5, 5.41) is 6.68. The number of benzene rings is 3. The van der Waals surface area contributed by atoms with Crippen LogP contribution in [0.3, 0.4) is 0 Å². The van der Waals surface area contributed by atoms with Gasteiger partial charge in [-0.15, -0.1) is 0 Å². The summed E-state index contributed by atoms with van der Waals surface area (Å²) in [4.78, 5) is 17.7. The van der Waals surface area contributed by atoms with E-state index in [-0.39, 0.29) is 18.4 Å². The monoisotopic (exact) mass is 605 g/mol. The molecular weight excluding hydrogens is 558 g/mol. The Morgan fingerprint density at radius 2 is 1.62 bits per heavy atom. The van der Waals surface area contributed by atoms with Gasteiger partial charge in [0.1, 0.15) is 0 Å². The summed E-state index contributed by atoms with van der Waals surface area (Å²) in [6, 6.07) is 21.1. The molecule has 1 heterocycles. The highest BCUT2D eigenvalue weighted by Crippen LogP contribution is 2.36. The molecule has 1 saturated carbocycles. The number of rotatable bonds is 12. The van der Waals surface area contributed by atoms with Crippen LogP contribution >= 0.6 is 0 Å². The molecule has 0 atom stereocenters. The molecule has 0 spiro atoms. The Labute approximate surface area is 268 Å². The Bertz CT molecular complexity index is 1630. The molecule has 1 amide bonds. The van der Waals surface area contributed by atoms with Crippen molar-refractivity contribution in [3.8, 4) is 22.6 Å². The van der Waals surface area contributed by atoms with E-state index >= 15 is 0 Å². The van der Waals surface area contributed by atoms with Crippen LogP contribution in [0.2, 0.25) is 0 Å². The minimum absolute atomic E-state index is 0.0280. The lowest BCUT2D eigenvalue weighted by Gasteiger charge is -2.19. The summed E-state index contributed by atoms with van der Waals surface area (Å²) < 4.78 is 11.7. The van der Waals surface area contributed by atoms with Gasteiger partial charge in [-0.05, 0) is 118 Å². The highest BCUT2D eigenvalue weighted by atomic mass is 16.5. The van der Waals surface area contributed by atoms with E-state index in [0.29, 0.717) is 18.8 Å². The Kier molecular flexibility index (Phi) is 10.4. The van der Waals surface area contributed by atoms with E-state index in [9.17, 15) is 4.79 Å². The van der Waals surface area contributed by atoms with Crippen LogP contribution in [0.5, 0.6) is 11.5 Å². The van der Waals surface area contributed by atoms with Gasteiger partial charge in [-0.2, -0.15) is 0 Å². The first-order valence-corrected chi connectivity index (χ1v) is 16.2. The molecule has 1 aliphatic carbocycles. The summed E-state index contributed by atoms with van der Waals surface area (Å²) in [6.07, 6.45) is 5.98. The first-order valence-electron chi connectivity index (χ1n) is 16.2. The van der Waals surface area contributed by atoms with Crippen LogP contribution in [0.4, 0.5) is 5.69 Å². The number of hydrogen-bond acceptors (Lipinski definition) is 5. The van der Waals surface area contributed by atoms with E-state index in [0.717, 1.165) is 53.2 Å². The molecule has 45 heavy (non-hydrogen) atoms. The van der Waals surface area contributed by atoms with Crippen molar-refractivity contribution >= 4 is 11.6 Å². The first kappa shape index (κ1) is 32.1. The van der Waals surface area contributed by atoms with E-state index in [1.54, 1.807) is 7.11 Å². The molecule has 6 heteroatoms. The zero-order chi connectivity index (χ0) is 31.9. The van der Waals surface area contributed by atoms with Crippen LogP contribution < -0.4 is 20.1 Å². The van der Waals surface area contributed by atoms with E-state index in [1.165, 1.54) is 46.2 Å². The van der Waals surface area contributed by atoms with Crippen LogP contribution in [0.25, 0.3) is 11.1 Å². The molecule has 1 aliphatic rings. The number of nitrogens with zero attached hydrogens (tertiary/aromatic N) is 1. The average Bonchev–Trinajstić information content (AvgIpc) is 3.51. The predicted octanol–water partition coefficient (Wildman–Crippen LogP) is 7.98. The maximum Gasteiger partial charge on any atom is 0.224 e. The summed E-state index contributed by atoms with van der Waals surface area (Å²) >= 11 is 0. The highest BCUT2D eigenvalue weighted by Gasteiger charge is 2.19. The van der Waals surface area contributed by atoms with E-state index in [4.69, 9.17) is 14.5 Å². The number of amides is 1. The molecule has 0 aliphatic heterocycles. The van der Waals surface area contributed by atoms with Gasteiger partial charge in [-0.3, -0.25) is 9.78 Å². The molecule has 2 N–H and O–H groups in total. The Hall–Kier alpha value is -4.32.